The number of halogens is 2. The van der Waals surface area contributed by atoms with Gasteiger partial charge < -0.3 is 15.3 Å². The molecule has 1 aromatic carbocycles. The Kier molecular flexibility index (Phi) is 5.76. The number of urea groups is 1. The van der Waals surface area contributed by atoms with Gasteiger partial charge in [0.25, 0.3) is 0 Å². The van der Waals surface area contributed by atoms with E-state index in [0.29, 0.717) is 12.1 Å². The molecule has 0 aliphatic heterocycles. The molecule has 0 aliphatic rings. The Morgan fingerprint density at radius 2 is 2.15 bits per heavy atom. The van der Waals surface area contributed by atoms with Crippen LogP contribution in [-0.2, 0) is 4.79 Å². The molecule has 0 bridgehead atoms. The van der Waals surface area contributed by atoms with E-state index in [1.807, 2.05) is 6.92 Å². The van der Waals surface area contributed by atoms with Crippen molar-refractivity contribution >= 4 is 29.3 Å². The van der Waals surface area contributed by atoms with Gasteiger partial charge in [-0.25, -0.2) is 9.18 Å². The van der Waals surface area contributed by atoms with Gasteiger partial charge >= 0.3 is 12.0 Å². The molecular weight excluding hydrogens is 287 g/mol. The van der Waals surface area contributed by atoms with Crippen molar-refractivity contribution in [3.63, 3.8) is 0 Å². The highest BCUT2D eigenvalue weighted by atomic mass is 35.5. The van der Waals surface area contributed by atoms with Crippen LogP contribution in [0, 0.1) is 5.82 Å². The van der Waals surface area contributed by atoms with Gasteiger partial charge in [-0.3, -0.25) is 4.79 Å². The molecule has 0 saturated carbocycles. The van der Waals surface area contributed by atoms with Crippen LogP contribution in [0.1, 0.15) is 20.3 Å². The quantitative estimate of drug-likeness (QED) is 0.877. The molecular formula is C13H16ClFN2O3. The number of amides is 2. The lowest BCUT2D eigenvalue weighted by Gasteiger charge is -2.27. The maximum atomic E-state index is 13.0. The van der Waals surface area contributed by atoms with Crippen LogP contribution in [0.15, 0.2) is 18.2 Å². The molecule has 5 nitrogen and oxygen atoms in total. The highest BCUT2D eigenvalue weighted by Crippen LogP contribution is 2.20. The molecule has 0 saturated heterocycles. The summed E-state index contributed by atoms with van der Waals surface area (Å²) in [5.41, 5.74) is 0.306. The van der Waals surface area contributed by atoms with E-state index in [1.54, 1.807) is 6.92 Å². The Balaban J connectivity index is 2.84. The van der Waals surface area contributed by atoms with Gasteiger partial charge in [0, 0.05) is 11.7 Å². The van der Waals surface area contributed by atoms with Crippen LogP contribution in [-0.4, -0.2) is 34.6 Å². The summed E-state index contributed by atoms with van der Waals surface area (Å²) in [6, 6.07) is 2.95. The zero-order chi connectivity index (χ0) is 15.3. The van der Waals surface area contributed by atoms with Crippen molar-refractivity contribution < 1.29 is 19.1 Å². The Morgan fingerprint density at radius 3 is 2.65 bits per heavy atom. The normalized spacial score (nSPS) is 11.8. The van der Waals surface area contributed by atoms with Crippen LogP contribution in [0.2, 0.25) is 5.02 Å². The zero-order valence-corrected chi connectivity index (χ0v) is 11.9. The first kappa shape index (κ1) is 16.2. The van der Waals surface area contributed by atoms with Crippen molar-refractivity contribution in [2.45, 2.75) is 26.3 Å². The number of hydrogen-bond acceptors (Lipinski definition) is 2. The Morgan fingerprint density at radius 1 is 1.50 bits per heavy atom. The number of nitrogens with one attached hydrogen (secondary N) is 1. The number of carboxylic acid groups (broad SMARTS) is 1. The second-order valence-corrected chi connectivity index (χ2v) is 4.75. The Labute approximate surface area is 121 Å². The van der Waals surface area contributed by atoms with E-state index >= 15 is 0 Å². The highest BCUT2D eigenvalue weighted by molar-refractivity contribution is 6.31. The Bertz CT molecular complexity index is 510. The molecule has 0 aromatic heterocycles. The van der Waals surface area contributed by atoms with Gasteiger partial charge in [-0.15, -0.1) is 0 Å². The molecule has 2 N–H and O–H groups in total. The minimum atomic E-state index is -1.10. The van der Waals surface area contributed by atoms with E-state index in [9.17, 15) is 14.0 Å². The van der Waals surface area contributed by atoms with Crippen molar-refractivity contribution in [3.8, 4) is 0 Å². The van der Waals surface area contributed by atoms with Gasteiger partial charge in [0.05, 0.1) is 5.02 Å². The second kappa shape index (κ2) is 7.09. The fraction of sp³-hybridized carbons (Fsp3) is 0.385. The molecule has 20 heavy (non-hydrogen) atoms. The third kappa shape index (κ3) is 4.38. The van der Waals surface area contributed by atoms with Gasteiger partial charge in [-0.05, 0) is 31.5 Å². The number of carboxylic acids is 1. The summed E-state index contributed by atoms with van der Waals surface area (Å²) in [5.74, 6) is -1.69. The molecule has 0 radical (unpaired) electrons. The molecule has 110 valence electrons. The van der Waals surface area contributed by atoms with Crippen LogP contribution in [0.3, 0.4) is 0 Å². The van der Waals surface area contributed by atoms with E-state index in [2.05, 4.69) is 5.32 Å². The van der Waals surface area contributed by atoms with Crippen LogP contribution in [0.5, 0.6) is 0 Å². The summed E-state index contributed by atoms with van der Waals surface area (Å²) >= 11 is 5.62. The van der Waals surface area contributed by atoms with Crippen molar-refractivity contribution in [3.05, 3.63) is 29.0 Å². The number of benzene rings is 1. The molecule has 1 atom stereocenters. The first-order valence-electron chi connectivity index (χ1n) is 6.09. The number of carbonyl (C=O) groups is 2. The van der Waals surface area contributed by atoms with Gasteiger partial charge in [0.1, 0.15) is 12.4 Å². The van der Waals surface area contributed by atoms with Gasteiger partial charge in [0.15, 0.2) is 0 Å². The van der Waals surface area contributed by atoms with Gasteiger partial charge in [0.2, 0.25) is 0 Å². The zero-order valence-electron chi connectivity index (χ0n) is 11.2. The minimum Gasteiger partial charge on any atom is -0.480 e. The van der Waals surface area contributed by atoms with Crippen LogP contribution < -0.4 is 5.32 Å². The predicted octanol–water partition coefficient (Wildman–Crippen LogP) is 3.20. The molecule has 2 amide bonds. The summed E-state index contributed by atoms with van der Waals surface area (Å²) in [4.78, 5) is 24.0. The highest BCUT2D eigenvalue weighted by Gasteiger charge is 2.21. The predicted molar refractivity (Wildman–Crippen MR) is 74.5 cm³/mol. The van der Waals surface area contributed by atoms with Crippen LogP contribution in [0.4, 0.5) is 14.9 Å². The SMILES string of the molecule is CCC(C)N(CC(=O)O)C(=O)Nc1ccc(F)c(Cl)c1. The molecule has 0 fully saturated rings. The summed E-state index contributed by atoms with van der Waals surface area (Å²) < 4.78 is 13.0. The molecule has 0 aliphatic carbocycles. The maximum absolute atomic E-state index is 13.0. The van der Waals surface area contributed by atoms with E-state index in [4.69, 9.17) is 16.7 Å². The Hall–Kier alpha value is -1.82. The number of carbonyl (C=O) groups excluding carboxylic acids is 1. The van der Waals surface area contributed by atoms with Crippen LogP contribution >= 0.6 is 11.6 Å². The average Bonchev–Trinajstić information content (AvgIpc) is 2.39. The molecule has 1 aromatic rings. The largest absolute Gasteiger partial charge is 0.480 e. The standard InChI is InChI=1S/C13H16ClFN2O3/c1-3-8(2)17(7-12(18)19)13(20)16-9-4-5-11(15)10(14)6-9/h4-6,8H,3,7H2,1-2H3,(H,16,20)(H,18,19). The lowest BCUT2D eigenvalue weighted by atomic mass is 10.2. The average molecular weight is 303 g/mol. The van der Waals surface area contributed by atoms with E-state index in [1.165, 1.54) is 17.0 Å². The molecule has 0 heterocycles. The van der Waals surface area contributed by atoms with Crippen molar-refractivity contribution in [1.29, 1.82) is 0 Å². The van der Waals surface area contributed by atoms with E-state index in [-0.39, 0.29) is 11.1 Å². The van der Waals surface area contributed by atoms with Crippen molar-refractivity contribution in [2.75, 3.05) is 11.9 Å². The number of rotatable bonds is 5. The number of anilines is 1. The summed E-state index contributed by atoms with van der Waals surface area (Å²) in [6.45, 7) is 3.19. The fourth-order valence-electron chi connectivity index (χ4n) is 1.56. The van der Waals surface area contributed by atoms with Gasteiger partial charge in [-0.1, -0.05) is 18.5 Å². The number of nitrogens with zero attached hydrogens (tertiary/aromatic N) is 1. The smallest absolute Gasteiger partial charge is 0.323 e. The molecule has 7 heteroatoms. The minimum absolute atomic E-state index is 0.115. The maximum Gasteiger partial charge on any atom is 0.323 e. The molecule has 0 spiro atoms. The molecule has 1 rings (SSSR count). The molecule has 1 unspecified atom stereocenters. The first-order chi connectivity index (χ1) is 9.35. The third-order valence-corrected chi connectivity index (χ3v) is 3.15. The lowest BCUT2D eigenvalue weighted by molar-refractivity contribution is -0.138. The van der Waals surface area contributed by atoms with Crippen molar-refractivity contribution in [2.24, 2.45) is 0 Å². The van der Waals surface area contributed by atoms with E-state index in [0.717, 1.165) is 6.07 Å². The second-order valence-electron chi connectivity index (χ2n) is 4.34. The number of hydrogen-bond donors (Lipinski definition) is 2. The first-order valence-corrected chi connectivity index (χ1v) is 6.47. The van der Waals surface area contributed by atoms with Crippen molar-refractivity contribution in [1.82, 2.24) is 4.90 Å². The third-order valence-electron chi connectivity index (χ3n) is 2.86. The summed E-state index contributed by atoms with van der Waals surface area (Å²) in [7, 11) is 0. The topological polar surface area (TPSA) is 69.6 Å². The van der Waals surface area contributed by atoms with Crippen LogP contribution in [0.25, 0.3) is 0 Å². The lowest BCUT2D eigenvalue weighted by Crippen LogP contribution is -2.44. The monoisotopic (exact) mass is 302 g/mol. The summed E-state index contributed by atoms with van der Waals surface area (Å²) in [5, 5.41) is 11.2. The van der Waals surface area contributed by atoms with Gasteiger partial charge in [-0.2, -0.15) is 0 Å². The summed E-state index contributed by atoms with van der Waals surface area (Å²) in [6.07, 6.45) is 0.616. The van der Waals surface area contributed by atoms with E-state index < -0.39 is 24.4 Å². The fourth-order valence-corrected chi connectivity index (χ4v) is 1.74. The number of aliphatic carboxylic acids is 1.